The molecule has 120 valence electrons. The summed E-state index contributed by atoms with van der Waals surface area (Å²) >= 11 is 3.29. The summed E-state index contributed by atoms with van der Waals surface area (Å²) in [5.41, 5.74) is 7.08. The molecule has 3 nitrogen and oxygen atoms in total. The Kier molecular flexibility index (Phi) is 4.34. The van der Waals surface area contributed by atoms with Gasteiger partial charge < -0.3 is 0 Å². The molecule has 0 fully saturated rings. The summed E-state index contributed by atoms with van der Waals surface area (Å²) in [6.07, 6.45) is 0. The highest BCUT2D eigenvalue weighted by Crippen LogP contribution is 2.32. The third kappa shape index (κ3) is 2.95. The minimum atomic E-state index is 0.0122. The molecule has 0 aliphatic heterocycles. The SMILES string of the molecule is Cc1cc(C)c(C)c(SCc2cc(=O)n3c(C)csc3n2)c1C. The van der Waals surface area contributed by atoms with E-state index >= 15 is 0 Å². The molecule has 0 aliphatic rings. The summed E-state index contributed by atoms with van der Waals surface area (Å²) in [5, 5.41) is 1.97. The average Bonchev–Trinajstić information content (AvgIpc) is 2.87. The van der Waals surface area contributed by atoms with E-state index in [-0.39, 0.29) is 5.56 Å². The van der Waals surface area contributed by atoms with E-state index < -0.39 is 0 Å². The van der Waals surface area contributed by atoms with Crippen molar-refractivity contribution in [1.82, 2.24) is 9.38 Å². The van der Waals surface area contributed by atoms with Crippen LogP contribution in [0.4, 0.5) is 0 Å². The molecule has 0 bridgehead atoms. The van der Waals surface area contributed by atoms with Crippen LogP contribution in [0.5, 0.6) is 0 Å². The second-order valence-corrected chi connectivity index (χ2v) is 7.78. The van der Waals surface area contributed by atoms with Gasteiger partial charge in [0, 0.05) is 27.8 Å². The summed E-state index contributed by atoms with van der Waals surface area (Å²) < 4.78 is 1.67. The van der Waals surface area contributed by atoms with Crippen LogP contribution >= 0.6 is 23.1 Å². The number of hydrogen-bond acceptors (Lipinski definition) is 4. The Hall–Kier alpha value is -1.59. The molecule has 0 atom stereocenters. The largest absolute Gasteiger partial charge is 0.269 e. The molecule has 0 amide bonds. The van der Waals surface area contributed by atoms with Crippen LogP contribution in [0.2, 0.25) is 0 Å². The number of benzene rings is 1. The van der Waals surface area contributed by atoms with Crippen LogP contribution in [0.3, 0.4) is 0 Å². The zero-order chi connectivity index (χ0) is 16.7. The molecule has 0 N–H and O–H groups in total. The van der Waals surface area contributed by atoms with E-state index in [1.807, 2.05) is 12.3 Å². The Morgan fingerprint density at radius 1 is 1.09 bits per heavy atom. The summed E-state index contributed by atoms with van der Waals surface area (Å²) in [6.45, 7) is 10.6. The van der Waals surface area contributed by atoms with Gasteiger partial charge in [-0.25, -0.2) is 4.98 Å². The van der Waals surface area contributed by atoms with Crippen LogP contribution in [0.1, 0.15) is 33.6 Å². The molecule has 0 saturated heterocycles. The van der Waals surface area contributed by atoms with E-state index in [1.165, 1.54) is 38.5 Å². The van der Waals surface area contributed by atoms with Gasteiger partial charge in [-0.3, -0.25) is 9.20 Å². The number of aromatic nitrogens is 2. The van der Waals surface area contributed by atoms with Crippen molar-refractivity contribution in [2.24, 2.45) is 0 Å². The molecule has 2 aromatic heterocycles. The normalized spacial score (nSPS) is 11.3. The topological polar surface area (TPSA) is 34.4 Å². The van der Waals surface area contributed by atoms with Gasteiger partial charge in [0.25, 0.3) is 5.56 Å². The van der Waals surface area contributed by atoms with Crippen molar-refractivity contribution >= 4 is 28.1 Å². The van der Waals surface area contributed by atoms with Crippen LogP contribution in [-0.2, 0) is 5.75 Å². The highest BCUT2D eigenvalue weighted by molar-refractivity contribution is 7.98. The molecule has 5 heteroatoms. The number of hydrogen-bond donors (Lipinski definition) is 0. The molecule has 0 spiro atoms. The van der Waals surface area contributed by atoms with E-state index in [2.05, 4.69) is 38.7 Å². The number of thioether (sulfide) groups is 1. The van der Waals surface area contributed by atoms with E-state index in [0.717, 1.165) is 16.3 Å². The highest BCUT2D eigenvalue weighted by atomic mass is 32.2. The van der Waals surface area contributed by atoms with Gasteiger partial charge >= 0.3 is 0 Å². The average molecular weight is 345 g/mol. The zero-order valence-electron chi connectivity index (χ0n) is 14.1. The molecule has 3 aromatic rings. The smallest absolute Gasteiger partial charge is 0.258 e. The number of aryl methyl sites for hydroxylation is 3. The Morgan fingerprint density at radius 3 is 2.39 bits per heavy atom. The van der Waals surface area contributed by atoms with Crippen molar-refractivity contribution in [3.05, 3.63) is 61.5 Å². The summed E-state index contributed by atoms with van der Waals surface area (Å²) in [5.74, 6) is 0.716. The monoisotopic (exact) mass is 344 g/mol. The predicted octanol–water partition coefficient (Wildman–Crippen LogP) is 4.59. The Morgan fingerprint density at radius 2 is 1.74 bits per heavy atom. The molecule has 0 radical (unpaired) electrons. The molecule has 23 heavy (non-hydrogen) atoms. The molecule has 3 rings (SSSR count). The fraction of sp³-hybridized carbons (Fsp3) is 0.333. The van der Waals surface area contributed by atoms with Crippen LogP contribution in [-0.4, -0.2) is 9.38 Å². The minimum Gasteiger partial charge on any atom is -0.269 e. The van der Waals surface area contributed by atoms with Gasteiger partial charge in [0.05, 0.1) is 5.69 Å². The molecule has 0 saturated carbocycles. The van der Waals surface area contributed by atoms with Crippen molar-refractivity contribution in [2.75, 3.05) is 0 Å². The van der Waals surface area contributed by atoms with E-state index in [9.17, 15) is 4.79 Å². The van der Waals surface area contributed by atoms with Gasteiger partial charge in [-0.05, 0) is 56.9 Å². The maximum atomic E-state index is 12.3. The van der Waals surface area contributed by atoms with Gasteiger partial charge in [-0.2, -0.15) is 0 Å². The molecule has 0 aliphatic carbocycles. The third-order valence-electron chi connectivity index (χ3n) is 4.29. The Balaban J connectivity index is 1.94. The van der Waals surface area contributed by atoms with E-state index in [4.69, 9.17) is 0 Å². The van der Waals surface area contributed by atoms with Crippen LogP contribution in [0.25, 0.3) is 4.96 Å². The fourth-order valence-corrected chi connectivity index (χ4v) is 4.80. The van der Waals surface area contributed by atoms with Crippen molar-refractivity contribution in [3.8, 4) is 0 Å². The first-order valence-corrected chi connectivity index (χ1v) is 9.42. The van der Waals surface area contributed by atoms with Crippen molar-refractivity contribution < 1.29 is 0 Å². The lowest BCUT2D eigenvalue weighted by molar-refractivity contribution is 0.997. The van der Waals surface area contributed by atoms with Gasteiger partial charge in [0.2, 0.25) is 0 Å². The number of fused-ring (bicyclic) bond motifs is 1. The minimum absolute atomic E-state index is 0.0122. The van der Waals surface area contributed by atoms with Crippen molar-refractivity contribution in [2.45, 2.75) is 45.3 Å². The van der Waals surface area contributed by atoms with Gasteiger partial charge in [0.1, 0.15) is 0 Å². The lowest BCUT2D eigenvalue weighted by atomic mass is 10.0. The summed E-state index contributed by atoms with van der Waals surface area (Å²) in [4.78, 5) is 19.0. The number of rotatable bonds is 3. The Bertz CT molecular complexity index is 928. The first kappa shape index (κ1) is 16.3. The maximum Gasteiger partial charge on any atom is 0.258 e. The first-order chi connectivity index (χ1) is 10.9. The van der Waals surface area contributed by atoms with E-state index in [0.29, 0.717) is 5.75 Å². The Labute approximate surface area is 144 Å². The van der Waals surface area contributed by atoms with Crippen molar-refractivity contribution in [1.29, 1.82) is 0 Å². The number of thiazole rings is 1. The fourth-order valence-electron chi connectivity index (χ4n) is 2.72. The quantitative estimate of drug-likeness (QED) is 0.652. The van der Waals surface area contributed by atoms with Gasteiger partial charge in [-0.15, -0.1) is 23.1 Å². The molecule has 2 heterocycles. The molecular weight excluding hydrogens is 324 g/mol. The molecule has 0 unspecified atom stereocenters. The van der Waals surface area contributed by atoms with Crippen LogP contribution in [0, 0.1) is 34.6 Å². The van der Waals surface area contributed by atoms with Gasteiger partial charge in [-0.1, -0.05) is 6.07 Å². The molecular formula is C18H20N2OS2. The number of nitrogens with zero attached hydrogens (tertiary/aromatic N) is 2. The second-order valence-electron chi connectivity index (χ2n) is 5.96. The lowest BCUT2D eigenvalue weighted by Crippen LogP contribution is -2.14. The summed E-state index contributed by atoms with van der Waals surface area (Å²) in [6, 6.07) is 3.90. The first-order valence-electron chi connectivity index (χ1n) is 7.55. The predicted molar refractivity (Wildman–Crippen MR) is 99.0 cm³/mol. The summed E-state index contributed by atoms with van der Waals surface area (Å²) in [7, 11) is 0. The zero-order valence-corrected chi connectivity index (χ0v) is 15.7. The second kappa shape index (κ2) is 6.13. The van der Waals surface area contributed by atoms with Crippen LogP contribution in [0.15, 0.2) is 27.2 Å². The van der Waals surface area contributed by atoms with Crippen molar-refractivity contribution in [3.63, 3.8) is 0 Å². The molecule has 1 aromatic carbocycles. The van der Waals surface area contributed by atoms with E-state index in [1.54, 1.807) is 22.2 Å². The maximum absolute atomic E-state index is 12.3. The van der Waals surface area contributed by atoms with Gasteiger partial charge in [0.15, 0.2) is 4.96 Å². The standard InChI is InChI=1S/C18H20N2OS2/c1-10-6-11(2)14(5)17(13(10)4)22-9-15-7-16(21)20-12(3)8-23-18(20)19-15/h6-8H,9H2,1-5H3. The van der Waals surface area contributed by atoms with Crippen LogP contribution < -0.4 is 5.56 Å². The highest BCUT2D eigenvalue weighted by Gasteiger charge is 2.11. The lowest BCUT2D eigenvalue weighted by Gasteiger charge is -2.14. The third-order valence-corrected chi connectivity index (χ3v) is 6.58.